The second kappa shape index (κ2) is 9.42. The third-order valence-electron chi connectivity index (χ3n) is 13.7. The number of amides is 1. The Morgan fingerprint density at radius 2 is 1.59 bits per heavy atom. The van der Waals surface area contributed by atoms with Crippen LogP contribution in [0.5, 0.6) is 0 Å². The van der Waals surface area contributed by atoms with Gasteiger partial charge in [-0.3, -0.25) is 4.79 Å². The minimum absolute atomic E-state index is 0.0282. The SMILES string of the molecule is CCCN1CC2(CCC3C45C=CC6(C=C4C(=O)c4ccc(-c7ccccc7)cc4)CC(O)CCC6(C)C5CCC32C)OC1=O. The first kappa shape index (κ1) is 28.3. The summed E-state index contributed by atoms with van der Waals surface area (Å²) >= 11 is 0. The predicted octanol–water partition coefficient (Wildman–Crippen LogP) is 8.00. The van der Waals surface area contributed by atoms with E-state index in [1.54, 1.807) is 0 Å². The van der Waals surface area contributed by atoms with E-state index in [1.807, 2.05) is 35.2 Å². The molecule has 1 aliphatic heterocycles. The van der Waals surface area contributed by atoms with Crippen LogP contribution in [0.4, 0.5) is 4.79 Å². The van der Waals surface area contributed by atoms with E-state index in [1.165, 1.54) is 0 Å². The minimum Gasteiger partial charge on any atom is -0.440 e. The highest BCUT2D eigenvalue weighted by atomic mass is 16.6. The molecule has 2 bridgehead atoms. The van der Waals surface area contributed by atoms with Gasteiger partial charge in [-0.2, -0.15) is 0 Å². The number of ether oxygens (including phenoxy) is 1. The molecule has 5 nitrogen and oxygen atoms in total. The van der Waals surface area contributed by atoms with E-state index in [-0.39, 0.29) is 40.1 Å². The van der Waals surface area contributed by atoms with Gasteiger partial charge in [0.15, 0.2) is 5.78 Å². The van der Waals surface area contributed by atoms with Crippen LogP contribution in [0.1, 0.15) is 82.5 Å². The second-order valence-electron chi connectivity index (χ2n) is 15.3. The smallest absolute Gasteiger partial charge is 0.410 e. The number of fused-ring (bicyclic) bond motifs is 2. The van der Waals surface area contributed by atoms with Gasteiger partial charge in [0.2, 0.25) is 0 Å². The van der Waals surface area contributed by atoms with E-state index in [0.29, 0.717) is 18.9 Å². The fourth-order valence-corrected chi connectivity index (χ4v) is 11.4. The first-order chi connectivity index (χ1) is 21.1. The Morgan fingerprint density at radius 1 is 0.909 bits per heavy atom. The lowest BCUT2D eigenvalue weighted by atomic mass is 9.32. The number of benzene rings is 2. The largest absolute Gasteiger partial charge is 0.440 e. The lowest BCUT2D eigenvalue weighted by Gasteiger charge is -2.71. The molecule has 1 N–H and O–H groups in total. The summed E-state index contributed by atoms with van der Waals surface area (Å²) in [6.07, 6.45) is 13.7. The number of ketones is 1. The highest BCUT2D eigenvalue weighted by Gasteiger charge is 2.76. The van der Waals surface area contributed by atoms with Gasteiger partial charge in [0.1, 0.15) is 5.60 Å². The third-order valence-corrected chi connectivity index (χ3v) is 13.7. The Hall–Kier alpha value is -3.18. The number of aliphatic hydroxyl groups excluding tert-OH is 1. The topological polar surface area (TPSA) is 66.8 Å². The molecule has 0 aromatic heterocycles. The van der Waals surface area contributed by atoms with E-state index in [0.717, 1.165) is 73.8 Å². The van der Waals surface area contributed by atoms with Gasteiger partial charge in [0, 0.05) is 33.9 Å². The molecule has 9 rings (SSSR count). The molecule has 2 aromatic rings. The Labute approximate surface area is 261 Å². The molecule has 8 unspecified atom stereocenters. The number of carbonyl (C=O) groups excluding carboxylic acids is 2. The number of carbonyl (C=O) groups is 2. The van der Waals surface area contributed by atoms with Crippen molar-refractivity contribution in [2.24, 2.45) is 33.5 Å². The standard InChI is InChI=1S/C39H45NO4/c1-4-22-40-25-38(44-34(40)43)19-16-32-36(38,3)18-15-31-35(2)17-14-29(41)23-37(35)20-21-39(31,32)30(24-37)33(42)28-12-10-27(11-13-28)26-8-6-5-7-9-26/h5-13,20-21,24,29,31-32,41H,4,14-19,22-23,25H2,1-3H3. The Bertz CT molecular complexity index is 1580. The van der Waals surface area contributed by atoms with Gasteiger partial charge in [-0.25, -0.2) is 4.79 Å². The molecule has 3 saturated carbocycles. The molecule has 230 valence electrons. The first-order valence-electron chi connectivity index (χ1n) is 16.9. The number of allylic oxidation sites excluding steroid dienone is 4. The number of hydrogen-bond donors (Lipinski definition) is 1. The van der Waals surface area contributed by atoms with Crippen LogP contribution in [-0.2, 0) is 4.74 Å². The predicted molar refractivity (Wildman–Crippen MR) is 171 cm³/mol. The fraction of sp³-hybridized carbons (Fsp3) is 0.538. The Morgan fingerprint density at radius 3 is 2.34 bits per heavy atom. The van der Waals surface area contributed by atoms with Crippen molar-refractivity contribution < 1.29 is 19.4 Å². The molecular formula is C39H45NO4. The van der Waals surface area contributed by atoms with Gasteiger partial charge in [-0.1, -0.05) is 93.6 Å². The van der Waals surface area contributed by atoms with Crippen molar-refractivity contribution in [3.63, 3.8) is 0 Å². The highest BCUT2D eigenvalue weighted by molar-refractivity contribution is 6.10. The van der Waals surface area contributed by atoms with Crippen LogP contribution in [0.25, 0.3) is 11.1 Å². The maximum atomic E-state index is 14.9. The summed E-state index contributed by atoms with van der Waals surface area (Å²) in [4.78, 5) is 29.9. The summed E-state index contributed by atoms with van der Waals surface area (Å²) in [5, 5.41) is 11.0. The summed E-state index contributed by atoms with van der Waals surface area (Å²) in [5.41, 5.74) is 2.36. The van der Waals surface area contributed by atoms with Crippen LogP contribution in [0.15, 0.2) is 78.4 Å². The van der Waals surface area contributed by atoms with Crippen molar-refractivity contribution >= 4 is 11.9 Å². The van der Waals surface area contributed by atoms with Crippen LogP contribution in [0, 0.1) is 33.5 Å². The van der Waals surface area contributed by atoms with Crippen LogP contribution < -0.4 is 0 Å². The van der Waals surface area contributed by atoms with Gasteiger partial charge in [-0.15, -0.1) is 0 Å². The number of aliphatic hydroxyl groups is 1. The van der Waals surface area contributed by atoms with Crippen molar-refractivity contribution in [2.45, 2.75) is 83.8 Å². The van der Waals surface area contributed by atoms with E-state index < -0.39 is 11.0 Å². The van der Waals surface area contributed by atoms with Gasteiger partial charge >= 0.3 is 6.09 Å². The first-order valence-corrected chi connectivity index (χ1v) is 16.9. The van der Waals surface area contributed by atoms with Crippen molar-refractivity contribution in [3.05, 3.63) is 84.0 Å². The molecule has 1 saturated heterocycles. The zero-order chi connectivity index (χ0) is 30.5. The fourth-order valence-electron chi connectivity index (χ4n) is 11.4. The van der Waals surface area contributed by atoms with Crippen molar-refractivity contribution in [1.29, 1.82) is 0 Å². The minimum atomic E-state index is -0.515. The molecular weight excluding hydrogens is 546 g/mol. The van der Waals surface area contributed by atoms with E-state index in [2.05, 4.69) is 63.3 Å². The summed E-state index contributed by atoms with van der Waals surface area (Å²) in [7, 11) is 0. The number of hydrogen-bond acceptors (Lipinski definition) is 4. The number of Topliss-reactive ketones (excluding diaryl/α,β-unsaturated/α-hetero) is 1. The molecule has 5 heteroatoms. The summed E-state index contributed by atoms with van der Waals surface area (Å²) < 4.78 is 6.44. The number of rotatable bonds is 5. The average Bonchev–Trinajstić information content (AvgIpc) is 3.51. The van der Waals surface area contributed by atoms with Gasteiger partial charge < -0.3 is 14.7 Å². The summed E-state index contributed by atoms with van der Waals surface area (Å²) in [6.45, 7) is 8.30. The van der Waals surface area contributed by atoms with Crippen LogP contribution >= 0.6 is 0 Å². The maximum Gasteiger partial charge on any atom is 0.410 e. The highest BCUT2D eigenvalue weighted by Crippen LogP contribution is 2.79. The lowest BCUT2D eigenvalue weighted by molar-refractivity contribution is -0.164. The zero-order valence-corrected chi connectivity index (χ0v) is 26.4. The molecule has 1 heterocycles. The second-order valence-corrected chi connectivity index (χ2v) is 15.3. The van der Waals surface area contributed by atoms with Crippen molar-refractivity contribution in [2.75, 3.05) is 13.1 Å². The van der Waals surface area contributed by atoms with Gasteiger partial charge in [0.05, 0.1) is 12.6 Å². The van der Waals surface area contributed by atoms with Crippen molar-refractivity contribution in [1.82, 2.24) is 4.90 Å². The molecule has 2 aromatic carbocycles. The molecule has 44 heavy (non-hydrogen) atoms. The third kappa shape index (κ3) is 3.45. The average molecular weight is 592 g/mol. The molecule has 8 atom stereocenters. The lowest BCUT2D eigenvalue weighted by Crippen LogP contribution is -2.67. The van der Waals surface area contributed by atoms with Crippen LogP contribution in [-0.4, -0.2) is 46.7 Å². The van der Waals surface area contributed by atoms with Crippen molar-refractivity contribution in [3.8, 4) is 11.1 Å². The Balaban J connectivity index is 1.24. The van der Waals surface area contributed by atoms with Gasteiger partial charge in [-0.05, 0) is 79.7 Å². The zero-order valence-electron chi connectivity index (χ0n) is 26.4. The quantitative estimate of drug-likeness (QED) is 0.283. The molecule has 7 aliphatic rings. The molecule has 1 amide bonds. The van der Waals surface area contributed by atoms with E-state index in [4.69, 9.17) is 4.74 Å². The molecule has 0 radical (unpaired) electrons. The van der Waals surface area contributed by atoms with Gasteiger partial charge in [0.25, 0.3) is 0 Å². The normalized spacial score (nSPS) is 41.6. The summed E-state index contributed by atoms with van der Waals surface area (Å²) in [6, 6.07) is 18.4. The van der Waals surface area contributed by atoms with Crippen LogP contribution in [0.3, 0.4) is 0 Å². The maximum absolute atomic E-state index is 14.9. The molecule has 4 fully saturated rings. The van der Waals surface area contributed by atoms with Crippen LogP contribution in [0.2, 0.25) is 0 Å². The summed E-state index contributed by atoms with van der Waals surface area (Å²) in [5.74, 6) is 0.610. The van der Waals surface area contributed by atoms with E-state index >= 15 is 0 Å². The molecule has 3 spiro atoms. The van der Waals surface area contributed by atoms with E-state index in [9.17, 15) is 14.7 Å². The number of nitrogens with zero attached hydrogens (tertiary/aromatic N) is 1. The Kier molecular flexibility index (Phi) is 6.06. The monoisotopic (exact) mass is 591 g/mol. The molecule has 6 aliphatic carbocycles.